The Morgan fingerprint density at radius 3 is 2.64 bits per heavy atom. The van der Waals surface area contributed by atoms with Gasteiger partial charge in [0.15, 0.2) is 0 Å². The van der Waals surface area contributed by atoms with E-state index in [2.05, 4.69) is 9.88 Å². The molecule has 4 heterocycles. The standard InChI is InChI=1S/C21H29FN4O2/c1-15(2)19(27)26-12-17-11-24(10-16-5-6-23-9-18(16)22)13-21(17,14-26)20(28)25-7-3-4-8-25/h5-6,9,15,17H,3-4,7-8,10-14H2,1-2H3/t17-,21-/m1/s1. The molecule has 0 spiro atoms. The summed E-state index contributed by atoms with van der Waals surface area (Å²) in [4.78, 5) is 36.0. The second-order valence-electron chi connectivity index (χ2n) is 8.86. The molecule has 1 aromatic rings. The minimum Gasteiger partial charge on any atom is -0.342 e. The van der Waals surface area contributed by atoms with Crippen molar-refractivity contribution < 1.29 is 14.0 Å². The molecule has 0 aromatic carbocycles. The van der Waals surface area contributed by atoms with E-state index in [1.54, 1.807) is 12.3 Å². The zero-order valence-corrected chi connectivity index (χ0v) is 16.7. The maximum absolute atomic E-state index is 14.1. The first-order valence-electron chi connectivity index (χ1n) is 10.3. The fraction of sp³-hybridized carbons (Fsp3) is 0.667. The third-order valence-corrected chi connectivity index (χ3v) is 6.55. The molecular weight excluding hydrogens is 359 g/mol. The van der Waals surface area contributed by atoms with Crippen LogP contribution in [0, 0.1) is 23.1 Å². The summed E-state index contributed by atoms with van der Waals surface area (Å²) in [5.74, 6) is 0.0329. The molecule has 2 atom stereocenters. The molecule has 4 rings (SSSR count). The largest absolute Gasteiger partial charge is 0.342 e. The van der Waals surface area contributed by atoms with Gasteiger partial charge < -0.3 is 9.80 Å². The first kappa shape index (κ1) is 19.3. The van der Waals surface area contributed by atoms with Crippen LogP contribution in [0.1, 0.15) is 32.3 Å². The molecule has 28 heavy (non-hydrogen) atoms. The van der Waals surface area contributed by atoms with Crippen LogP contribution in [0.5, 0.6) is 0 Å². The highest BCUT2D eigenvalue weighted by atomic mass is 19.1. The molecule has 0 aliphatic carbocycles. The molecule has 1 aromatic heterocycles. The van der Waals surface area contributed by atoms with E-state index >= 15 is 0 Å². The highest BCUT2D eigenvalue weighted by molar-refractivity contribution is 5.87. The van der Waals surface area contributed by atoms with Gasteiger partial charge in [-0.2, -0.15) is 0 Å². The Morgan fingerprint density at radius 2 is 1.96 bits per heavy atom. The molecule has 6 nitrogen and oxygen atoms in total. The van der Waals surface area contributed by atoms with Crippen molar-refractivity contribution in [3.05, 3.63) is 29.8 Å². The van der Waals surface area contributed by atoms with Crippen molar-refractivity contribution >= 4 is 11.8 Å². The highest BCUT2D eigenvalue weighted by Gasteiger charge is 2.59. The molecule has 3 aliphatic rings. The number of nitrogens with zero attached hydrogens (tertiary/aromatic N) is 4. The van der Waals surface area contributed by atoms with Crippen molar-refractivity contribution in [3.63, 3.8) is 0 Å². The molecule has 2 amide bonds. The number of hydrogen-bond donors (Lipinski definition) is 0. The van der Waals surface area contributed by atoms with Crippen molar-refractivity contribution in [1.82, 2.24) is 19.7 Å². The monoisotopic (exact) mass is 388 g/mol. The minimum atomic E-state index is -0.557. The summed E-state index contributed by atoms with van der Waals surface area (Å²) in [6.07, 6.45) is 4.93. The lowest BCUT2D eigenvalue weighted by atomic mass is 9.79. The lowest BCUT2D eigenvalue weighted by Crippen LogP contribution is -2.49. The lowest BCUT2D eigenvalue weighted by Gasteiger charge is -2.32. The predicted octanol–water partition coefficient (Wildman–Crippen LogP) is 1.76. The van der Waals surface area contributed by atoms with Crippen LogP contribution in [0.4, 0.5) is 4.39 Å². The second kappa shape index (κ2) is 7.43. The Morgan fingerprint density at radius 1 is 1.21 bits per heavy atom. The summed E-state index contributed by atoms with van der Waals surface area (Å²) < 4.78 is 14.1. The van der Waals surface area contributed by atoms with Crippen LogP contribution < -0.4 is 0 Å². The summed E-state index contributed by atoms with van der Waals surface area (Å²) in [7, 11) is 0. The molecule has 0 saturated carbocycles. The van der Waals surface area contributed by atoms with Gasteiger partial charge in [-0.25, -0.2) is 4.39 Å². The third-order valence-electron chi connectivity index (χ3n) is 6.55. The summed E-state index contributed by atoms with van der Waals surface area (Å²) >= 11 is 0. The van der Waals surface area contributed by atoms with Crippen molar-refractivity contribution in [2.45, 2.75) is 33.2 Å². The Balaban J connectivity index is 1.56. The molecule has 0 bridgehead atoms. The molecule has 7 heteroatoms. The number of fused-ring (bicyclic) bond motifs is 1. The van der Waals surface area contributed by atoms with Gasteiger partial charge >= 0.3 is 0 Å². The Bertz CT molecular complexity index is 765. The number of hydrogen-bond acceptors (Lipinski definition) is 4. The maximum Gasteiger partial charge on any atom is 0.232 e. The van der Waals surface area contributed by atoms with Gasteiger partial charge in [-0.1, -0.05) is 13.8 Å². The van der Waals surface area contributed by atoms with Gasteiger partial charge in [-0.3, -0.25) is 19.5 Å². The highest BCUT2D eigenvalue weighted by Crippen LogP contribution is 2.45. The fourth-order valence-electron chi connectivity index (χ4n) is 5.13. The number of carbonyl (C=O) groups excluding carboxylic acids is 2. The number of halogens is 1. The molecule has 0 unspecified atom stereocenters. The smallest absolute Gasteiger partial charge is 0.232 e. The number of carbonyl (C=O) groups is 2. The number of aromatic nitrogens is 1. The topological polar surface area (TPSA) is 56.8 Å². The molecule has 3 aliphatic heterocycles. The van der Waals surface area contributed by atoms with Crippen LogP contribution in [-0.2, 0) is 16.1 Å². The van der Waals surface area contributed by atoms with Crippen LogP contribution >= 0.6 is 0 Å². The van der Waals surface area contributed by atoms with Gasteiger partial charge in [0, 0.05) is 69.4 Å². The number of pyridine rings is 1. The van der Waals surface area contributed by atoms with E-state index in [0.717, 1.165) is 25.9 Å². The fourth-order valence-corrected chi connectivity index (χ4v) is 5.13. The van der Waals surface area contributed by atoms with Crippen molar-refractivity contribution in [2.24, 2.45) is 17.3 Å². The van der Waals surface area contributed by atoms with Crippen LogP contribution in [0.15, 0.2) is 18.5 Å². The van der Waals surface area contributed by atoms with Crippen LogP contribution in [-0.4, -0.2) is 70.8 Å². The van der Waals surface area contributed by atoms with Crippen LogP contribution in [0.2, 0.25) is 0 Å². The number of rotatable bonds is 4. The van der Waals surface area contributed by atoms with E-state index in [-0.39, 0.29) is 29.5 Å². The molecule has 0 N–H and O–H groups in total. The molecule has 3 saturated heterocycles. The third kappa shape index (κ3) is 3.30. The van der Waals surface area contributed by atoms with Gasteiger partial charge in [0.1, 0.15) is 5.82 Å². The first-order chi connectivity index (χ1) is 13.4. The summed E-state index contributed by atoms with van der Waals surface area (Å²) in [6, 6.07) is 1.70. The van der Waals surface area contributed by atoms with E-state index in [9.17, 15) is 14.0 Å². The van der Waals surface area contributed by atoms with E-state index in [0.29, 0.717) is 38.3 Å². The molecule has 152 valence electrons. The SMILES string of the molecule is CC(C)C(=O)N1C[C@H]2CN(Cc3ccncc3F)C[C@@]2(C(=O)N2CCCC2)C1. The predicted molar refractivity (Wildman–Crippen MR) is 103 cm³/mol. The van der Waals surface area contributed by atoms with E-state index in [1.165, 1.54) is 6.20 Å². The van der Waals surface area contributed by atoms with Crippen molar-refractivity contribution in [3.8, 4) is 0 Å². The van der Waals surface area contributed by atoms with E-state index in [4.69, 9.17) is 0 Å². The lowest BCUT2D eigenvalue weighted by molar-refractivity contribution is -0.142. The zero-order chi connectivity index (χ0) is 19.9. The normalized spacial score (nSPS) is 27.6. The summed E-state index contributed by atoms with van der Waals surface area (Å²) in [5, 5.41) is 0. The van der Waals surface area contributed by atoms with Crippen LogP contribution in [0.25, 0.3) is 0 Å². The zero-order valence-electron chi connectivity index (χ0n) is 16.7. The summed E-state index contributed by atoms with van der Waals surface area (Å²) in [5.41, 5.74) is 0.0483. The van der Waals surface area contributed by atoms with E-state index in [1.807, 2.05) is 23.6 Å². The molecule has 0 radical (unpaired) electrons. The second-order valence-corrected chi connectivity index (χ2v) is 8.86. The molecular formula is C21H29FN4O2. The molecule has 3 fully saturated rings. The average Bonchev–Trinajstić information content (AvgIpc) is 3.37. The van der Waals surface area contributed by atoms with Gasteiger partial charge in [0.2, 0.25) is 11.8 Å². The van der Waals surface area contributed by atoms with Crippen LogP contribution in [0.3, 0.4) is 0 Å². The number of amides is 2. The maximum atomic E-state index is 14.1. The quantitative estimate of drug-likeness (QED) is 0.789. The summed E-state index contributed by atoms with van der Waals surface area (Å²) in [6.45, 7) is 8.30. The number of likely N-dealkylation sites (tertiary alicyclic amines) is 3. The first-order valence-corrected chi connectivity index (χ1v) is 10.3. The minimum absolute atomic E-state index is 0.0696. The van der Waals surface area contributed by atoms with Crippen molar-refractivity contribution in [1.29, 1.82) is 0 Å². The average molecular weight is 388 g/mol. The van der Waals surface area contributed by atoms with Gasteiger partial charge in [0.05, 0.1) is 11.6 Å². The Kier molecular flexibility index (Phi) is 5.12. The van der Waals surface area contributed by atoms with E-state index < -0.39 is 5.41 Å². The Labute approximate surface area is 165 Å². The van der Waals surface area contributed by atoms with Gasteiger partial charge in [-0.05, 0) is 18.9 Å². The van der Waals surface area contributed by atoms with Crippen molar-refractivity contribution in [2.75, 3.05) is 39.3 Å². The van der Waals surface area contributed by atoms with Gasteiger partial charge in [0.25, 0.3) is 0 Å². The van der Waals surface area contributed by atoms with Gasteiger partial charge in [-0.15, -0.1) is 0 Å². The Hall–Kier alpha value is -2.02.